The average molecular weight is 384 g/mol. The Balaban J connectivity index is 1.55. The fourth-order valence-electron chi connectivity index (χ4n) is 5.18. The molecule has 2 aliphatic rings. The van der Waals surface area contributed by atoms with Crippen LogP contribution in [0.25, 0.3) is 0 Å². The van der Waals surface area contributed by atoms with Crippen LogP contribution in [0.4, 0.5) is 0 Å². The molecular weight excluding hydrogens is 336 g/mol. The first-order valence-electron chi connectivity index (χ1n) is 11.7. The molecule has 2 heterocycles. The first-order valence-corrected chi connectivity index (χ1v) is 11.7. The Morgan fingerprint density at radius 2 is 1.44 bits per heavy atom. The number of likely N-dealkylation sites (tertiary alicyclic amines) is 2. The lowest BCUT2D eigenvalue weighted by Crippen LogP contribution is -2.53. The van der Waals surface area contributed by atoms with E-state index in [1.54, 1.807) is 0 Å². The van der Waals surface area contributed by atoms with Crippen molar-refractivity contribution in [1.82, 2.24) is 4.90 Å². The third kappa shape index (κ3) is 9.25. The second-order valence-electron chi connectivity index (χ2n) is 10.2. The topological polar surface area (TPSA) is 43.7 Å². The monoisotopic (exact) mass is 383 g/mol. The third-order valence-electron chi connectivity index (χ3n) is 7.28. The van der Waals surface area contributed by atoms with E-state index in [1.165, 1.54) is 71.1 Å². The maximum Gasteiger partial charge on any atom is 0.105 e. The fraction of sp³-hybridized carbons (Fsp3) is 1.00. The smallest absolute Gasteiger partial charge is 0.105 e. The molecule has 2 saturated heterocycles. The molecule has 2 aliphatic heterocycles. The number of unbranched alkanes of at least 4 members (excludes halogenated alkanes) is 1. The molecule has 2 unspecified atom stereocenters. The summed E-state index contributed by atoms with van der Waals surface area (Å²) in [5, 5.41) is 19.7. The Bertz CT molecular complexity index is 386. The molecule has 160 valence electrons. The van der Waals surface area contributed by atoms with Crippen molar-refractivity contribution in [3.8, 4) is 0 Å². The van der Waals surface area contributed by atoms with Crippen LogP contribution in [-0.2, 0) is 0 Å². The Morgan fingerprint density at radius 1 is 0.889 bits per heavy atom. The highest BCUT2D eigenvalue weighted by Crippen LogP contribution is 2.29. The summed E-state index contributed by atoms with van der Waals surface area (Å²) in [6.07, 6.45) is 13.2. The number of piperidine rings is 2. The molecule has 2 fully saturated rings. The molecule has 0 aromatic heterocycles. The van der Waals surface area contributed by atoms with E-state index in [0.717, 1.165) is 48.5 Å². The fourth-order valence-corrected chi connectivity index (χ4v) is 5.18. The summed E-state index contributed by atoms with van der Waals surface area (Å²) in [6, 6.07) is 0. The van der Waals surface area contributed by atoms with Crippen molar-refractivity contribution >= 4 is 0 Å². The number of nitrogens with zero attached hydrogens (tertiary/aromatic N) is 2. The Morgan fingerprint density at radius 3 is 2.04 bits per heavy atom. The van der Waals surface area contributed by atoms with E-state index in [1.807, 2.05) is 6.92 Å². The number of likely N-dealkylation sites (N-methyl/N-ethyl adjacent to an activating group) is 1. The number of quaternary nitrogens is 1. The van der Waals surface area contributed by atoms with Gasteiger partial charge in [0.15, 0.2) is 0 Å². The van der Waals surface area contributed by atoms with Crippen molar-refractivity contribution in [2.75, 3.05) is 46.8 Å². The van der Waals surface area contributed by atoms with Crippen molar-refractivity contribution in [3.63, 3.8) is 0 Å². The molecule has 2 N–H and O–H groups in total. The van der Waals surface area contributed by atoms with Crippen LogP contribution in [-0.4, -0.2) is 78.6 Å². The van der Waals surface area contributed by atoms with Gasteiger partial charge < -0.3 is 19.6 Å². The summed E-state index contributed by atoms with van der Waals surface area (Å²) in [6.45, 7) is 7.83. The van der Waals surface area contributed by atoms with Crippen LogP contribution in [0.3, 0.4) is 0 Å². The van der Waals surface area contributed by atoms with Crippen LogP contribution >= 0.6 is 0 Å². The number of aliphatic hydroxyl groups excluding tert-OH is 2. The SMILES string of the molecule is CC(O)CCCCC(O)C[N+]1(C)CCC(CCCC2CCN(C)CC2)CC1. The normalized spacial score (nSPS) is 30.3. The molecule has 0 aromatic rings. The highest BCUT2D eigenvalue weighted by atomic mass is 16.3. The third-order valence-corrected chi connectivity index (χ3v) is 7.28. The maximum absolute atomic E-state index is 10.4. The lowest BCUT2D eigenvalue weighted by atomic mass is 9.86. The highest BCUT2D eigenvalue weighted by Gasteiger charge is 2.31. The molecule has 4 heteroatoms. The summed E-state index contributed by atoms with van der Waals surface area (Å²) in [5.41, 5.74) is 0. The van der Waals surface area contributed by atoms with Gasteiger partial charge in [-0.2, -0.15) is 0 Å². The van der Waals surface area contributed by atoms with Crippen LogP contribution in [0.15, 0.2) is 0 Å². The lowest BCUT2D eigenvalue weighted by Gasteiger charge is -2.42. The van der Waals surface area contributed by atoms with Gasteiger partial charge >= 0.3 is 0 Å². The van der Waals surface area contributed by atoms with Crippen molar-refractivity contribution in [2.45, 2.75) is 89.8 Å². The van der Waals surface area contributed by atoms with E-state index in [9.17, 15) is 10.2 Å². The average Bonchev–Trinajstić information content (AvgIpc) is 2.62. The first-order chi connectivity index (χ1) is 12.9. The van der Waals surface area contributed by atoms with Gasteiger partial charge in [-0.05, 0) is 77.4 Å². The van der Waals surface area contributed by atoms with Crippen LogP contribution in [0.5, 0.6) is 0 Å². The molecular formula is C23H47N2O2+. The molecule has 2 rings (SSSR count). The molecule has 4 nitrogen and oxygen atoms in total. The predicted molar refractivity (Wildman–Crippen MR) is 114 cm³/mol. The summed E-state index contributed by atoms with van der Waals surface area (Å²) in [4.78, 5) is 2.47. The molecule has 0 radical (unpaired) electrons. The van der Waals surface area contributed by atoms with Gasteiger partial charge in [0.25, 0.3) is 0 Å². The van der Waals surface area contributed by atoms with Gasteiger partial charge in [0.2, 0.25) is 0 Å². The molecule has 0 bridgehead atoms. The van der Waals surface area contributed by atoms with Gasteiger partial charge in [0.1, 0.15) is 12.6 Å². The van der Waals surface area contributed by atoms with Crippen molar-refractivity contribution in [1.29, 1.82) is 0 Å². The minimum atomic E-state index is -0.204. The van der Waals surface area contributed by atoms with Gasteiger partial charge in [-0.15, -0.1) is 0 Å². The Kier molecular flexibility index (Phi) is 10.1. The minimum Gasteiger partial charge on any atom is -0.393 e. The van der Waals surface area contributed by atoms with Gasteiger partial charge in [0.05, 0.1) is 26.2 Å². The van der Waals surface area contributed by atoms with Crippen LogP contribution in [0.1, 0.15) is 77.6 Å². The van der Waals surface area contributed by atoms with E-state index in [-0.39, 0.29) is 12.2 Å². The molecule has 2 atom stereocenters. The largest absolute Gasteiger partial charge is 0.393 e. The predicted octanol–water partition coefficient (Wildman–Crippen LogP) is 3.66. The zero-order valence-electron chi connectivity index (χ0n) is 18.4. The zero-order chi connectivity index (χ0) is 19.7. The molecule has 0 amide bonds. The number of rotatable bonds is 11. The summed E-state index contributed by atoms with van der Waals surface area (Å²) >= 11 is 0. The van der Waals surface area contributed by atoms with E-state index >= 15 is 0 Å². The van der Waals surface area contributed by atoms with Gasteiger partial charge in [-0.1, -0.05) is 32.1 Å². The number of aliphatic hydroxyl groups is 2. The van der Waals surface area contributed by atoms with E-state index in [0.29, 0.717) is 0 Å². The number of hydrogen-bond donors (Lipinski definition) is 2. The lowest BCUT2D eigenvalue weighted by molar-refractivity contribution is -0.918. The van der Waals surface area contributed by atoms with Crippen LogP contribution < -0.4 is 0 Å². The Hall–Kier alpha value is -0.160. The Labute approximate surface area is 168 Å². The molecule has 0 spiro atoms. The van der Waals surface area contributed by atoms with Gasteiger partial charge in [0, 0.05) is 0 Å². The summed E-state index contributed by atoms with van der Waals surface area (Å²) < 4.78 is 1.06. The second-order valence-corrected chi connectivity index (χ2v) is 10.2. The molecule has 0 aliphatic carbocycles. The summed E-state index contributed by atoms with van der Waals surface area (Å²) in [7, 11) is 4.59. The number of hydrogen-bond acceptors (Lipinski definition) is 3. The summed E-state index contributed by atoms with van der Waals surface area (Å²) in [5.74, 6) is 1.90. The van der Waals surface area contributed by atoms with Gasteiger partial charge in [-0.25, -0.2) is 0 Å². The second kappa shape index (κ2) is 11.7. The van der Waals surface area contributed by atoms with E-state index in [4.69, 9.17) is 0 Å². The van der Waals surface area contributed by atoms with Gasteiger partial charge in [-0.3, -0.25) is 0 Å². The molecule has 0 saturated carbocycles. The maximum atomic E-state index is 10.4. The quantitative estimate of drug-likeness (QED) is 0.423. The van der Waals surface area contributed by atoms with Crippen LogP contribution in [0, 0.1) is 11.8 Å². The van der Waals surface area contributed by atoms with Crippen molar-refractivity contribution in [3.05, 3.63) is 0 Å². The first kappa shape index (κ1) is 23.1. The van der Waals surface area contributed by atoms with Crippen molar-refractivity contribution < 1.29 is 14.7 Å². The van der Waals surface area contributed by atoms with E-state index < -0.39 is 0 Å². The minimum absolute atomic E-state index is 0.176. The molecule has 0 aromatic carbocycles. The van der Waals surface area contributed by atoms with Crippen molar-refractivity contribution in [2.24, 2.45) is 11.8 Å². The van der Waals surface area contributed by atoms with E-state index in [2.05, 4.69) is 19.0 Å². The zero-order valence-corrected chi connectivity index (χ0v) is 18.4. The van der Waals surface area contributed by atoms with Crippen LogP contribution in [0.2, 0.25) is 0 Å². The highest BCUT2D eigenvalue weighted by molar-refractivity contribution is 4.72. The standard InChI is InChI=1S/C23H47N2O2/c1-20(26)7-4-5-10-23(27)19-25(3)17-13-22(14-18-25)9-6-8-21-11-15-24(2)16-12-21/h20-23,26-27H,4-19H2,1-3H3/q+1. The molecule has 27 heavy (non-hydrogen) atoms.